The second kappa shape index (κ2) is 15.5. The molecular weight excluding hydrogens is 777 g/mol. The number of anilines is 3. The van der Waals surface area contributed by atoms with E-state index in [0.717, 1.165) is 66.9 Å². The summed E-state index contributed by atoms with van der Waals surface area (Å²) in [5, 5.41) is 4.65. The molecule has 0 saturated heterocycles. The molecule has 0 unspecified atom stereocenters. The summed E-state index contributed by atoms with van der Waals surface area (Å²) in [6.07, 6.45) is 0. The molecule has 0 amide bonds. The zero-order chi connectivity index (χ0) is 42.6. The van der Waals surface area contributed by atoms with Crippen LogP contribution in [0.15, 0.2) is 241 Å². The fourth-order valence-corrected chi connectivity index (χ4v) is 9.69. The highest BCUT2D eigenvalue weighted by Crippen LogP contribution is 2.47. The van der Waals surface area contributed by atoms with Gasteiger partial charge >= 0.3 is 0 Å². The number of aromatic nitrogens is 1. The van der Waals surface area contributed by atoms with Gasteiger partial charge in [-0.3, -0.25) is 0 Å². The molecule has 0 radical (unpaired) electrons. The number of hydrogen-bond donors (Lipinski definition) is 0. The Labute approximate surface area is 372 Å². The summed E-state index contributed by atoms with van der Waals surface area (Å²) in [5.74, 6) is 0. The fraction of sp³-hybridized carbons (Fsp3) is 0.0164. The lowest BCUT2D eigenvalue weighted by Crippen LogP contribution is -2.12. The van der Waals surface area contributed by atoms with Crippen molar-refractivity contribution in [2.45, 2.75) is 6.92 Å². The van der Waals surface area contributed by atoms with Crippen LogP contribution >= 0.6 is 0 Å². The highest BCUT2D eigenvalue weighted by Gasteiger charge is 2.23. The lowest BCUT2D eigenvalue weighted by atomic mass is 9.94. The topological polar surface area (TPSA) is 21.3 Å². The first-order valence-corrected chi connectivity index (χ1v) is 21.9. The van der Waals surface area contributed by atoms with E-state index in [0.29, 0.717) is 0 Å². The molecule has 3 heteroatoms. The van der Waals surface area contributed by atoms with Gasteiger partial charge < -0.3 is 13.9 Å². The van der Waals surface area contributed by atoms with Gasteiger partial charge in [0, 0.05) is 49.7 Å². The van der Waals surface area contributed by atoms with Crippen LogP contribution in [0.25, 0.3) is 93.9 Å². The Balaban J connectivity index is 1.09. The molecule has 0 atom stereocenters. The van der Waals surface area contributed by atoms with Crippen LogP contribution in [0.1, 0.15) is 5.56 Å². The van der Waals surface area contributed by atoms with Gasteiger partial charge in [0.15, 0.2) is 0 Å². The average molecular weight is 819 g/mol. The Kier molecular flexibility index (Phi) is 9.05. The van der Waals surface area contributed by atoms with Gasteiger partial charge in [-0.1, -0.05) is 170 Å². The lowest BCUT2D eigenvalue weighted by molar-refractivity contribution is 0.670. The average Bonchev–Trinajstić information content (AvgIpc) is 3.91. The van der Waals surface area contributed by atoms with E-state index < -0.39 is 0 Å². The second-order valence-electron chi connectivity index (χ2n) is 16.5. The molecular formula is C61H42N2O. The highest BCUT2D eigenvalue weighted by molar-refractivity contribution is 6.12. The quantitative estimate of drug-likeness (QED) is 0.152. The number of fused-ring (bicyclic) bond motifs is 6. The normalized spacial score (nSPS) is 11.5. The van der Waals surface area contributed by atoms with E-state index in [1.54, 1.807) is 0 Å². The maximum Gasteiger partial charge on any atom is 0.143 e. The largest absolute Gasteiger partial charge is 0.455 e. The van der Waals surface area contributed by atoms with Crippen LogP contribution < -0.4 is 4.90 Å². The van der Waals surface area contributed by atoms with Crippen LogP contribution in [-0.2, 0) is 0 Å². The molecule has 0 fully saturated rings. The summed E-state index contributed by atoms with van der Waals surface area (Å²) in [6.45, 7) is 2.22. The summed E-state index contributed by atoms with van der Waals surface area (Å²) >= 11 is 0. The fourth-order valence-electron chi connectivity index (χ4n) is 9.69. The number of furan rings is 1. The van der Waals surface area contributed by atoms with Gasteiger partial charge in [-0.2, -0.15) is 0 Å². The minimum Gasteiger partial charge on any atom is -0.455 e. The first-order chi connectivity index (χ1) is 31.7. The molecule has 10 aromatic carbocycles. The minimum absolute atomic E-state index is 0.865. The molecule has 3 nitrogen and oxygen atoms in total. The van der Waals surface area contributed by atoms with Crippen molar-refractivity contribution in [1.29, 1.82) is 0 Å². The van der Waals surface area contributed by atoms with Crippen molar-refractivity contribution in [2.75, 3.05) is 4.90 Å². The van der Waals surface area contributed by atoms with Gasteiger partial charge in [-0.15, -0.1) is 0 Å². The van der Waals surface area contributed by atoms with Crippen molar-refractivity contribution in [3.8, 4) is 50.2 Å². The smallest absolute Gasteiger partial charge is 0.143 e. The van der Waals surface area contributed by atoms with E-state index >= 15 is 0 Å². The Bertz CT molecular complexity index is 3610. The summed E-state index contributed by atoms with van der Waals surface area (Å²) in [5.41, 5.74) is 18.8. The highest BCUT2D eigenvalue weighted by atomic mass is 16.3. The monoisotopic (exact) mass is 818 g/mol. The van der Waals surface area contributed by atoms with Crippen LogP contribution in [-0.4, -0.2) is 4.57 Å². The first-order valence-electron chi connectivity index (χ1n) is 21.9. The molecule has 0 aliphatic rings. The number of nitrogens with zero attached hydrogens (tertiary/aromatic N) is 2. The number of hydrogen-bond acceptors (Lipinski definition) is 2. The molecule has 0 aliphatic carbocycles. The molecule has 2 heterocycles. The van der Waals surface area contributed by atoms with E-state index in [1.807, 2.05) is 0 Å². The molecule has 0 saturated carbocycles. The van der Waals surface area contributed by atoms with Crippen LogP contribution in [0.5, 0.6) is 0 Å². The van der Waals surface area contributed by atoms with Gasteiger partial charge in [0.2, 0.25) is 0 Å². The van der Waals surface area contributed by atoms with Crippen molar-refractivity contribution in [3.63, 3.8) is 0 Å². The minimum atomic E-state index is 0.865. The molecule has 0 bridgehead atoms. The third-order valence-electron chi connectivity index (χ3n) is 12.7. The number of rotatable bonds is 8. The SMILES string of the molecule is Cc1cc(N(c2cc(-c3ccc(-n4c5ccccc5c5ccccc54)cc3)c3oc4ccccc4c3c2)c2ccc(-c3ccccc3)cc2-c2ccccc2)ccc1-c1ccccc1. The number of benzene rings is 10. The predicted molar refractivity (Wildman–Crippen MR) is 269 cm³/mol. The Morgan fingerprint density at radius 2 is 0.906 bits per heavy atom. The number of para-hydroxylation sites is 3. The Morgan fingerprint density at radius 3 is 1.56 bits per heavy atom. The maximum atomic E-state index is 6.82. The zero-order valence-corrected chi connectivity index (χ0v) is 35.3. The van der Waals surface area contributed by atoms with E-state index in [2.05, 4.69) is 253 Å². The molecule has 0 aliphatic heterocycles. The van der Waals surface area contributed by atoms with Gasteiger partial charge in [0.1, 0.15) is 11.2 Å². The second-order valence-corrected chi connectivity index (χ2v) is 16.5. The van der Waals surface area contributed by atoms with Crippen molar-refractivity contribution >= 4 is 60.8 Å². The summed E-state index contributed by atoms with van der Waals surface area (Å²) in [6, 6.07) is 85.2. The first kappa shape index (κ1) is 37.4. The van der Waals surface area contributed by atoms with E-state index in [9.17, 15) is 0 Å². The van der Waals surface area contributed by atoms with Gasteiger partial charge in [0.05, 0.1) is 16.7 Å². The summed E-state index contributed by atoms with van der Waals surface area (Å²) in [7, 11) is 0. The molecule has 0 spiro atoms. The number of aryl methyl sites for hydroxylation is 1. The van der Waals surface area contributed by atoms with Gasteiger partial charge in [-0.25, -0.2) is 0 Å². The van der Waals surface area contributed by atoms with Crippen LogP contribution in [0.4, 0.5) is 17.1 Å². The molecule has 12 aromatic rings. The molecule has 64 heavy (non-hydrogen) atoms. The molecule has 302 valence electrons. The van der Waals surface area contributed by atoms with Crippen LogP contribution in [0.2, 0.25) is 0 Å². The third kappa shape index (κ3) is 6.37. The van der Waals surface area contributed by atoms with Crippen molar-refractivity contribution in [3.05, 3.63) is 242 Å². The van der Waals surface area contributed by atoms with Crippen molar-refractivity contribution < 1.29 is 4.42 Å². The predicted octanol–water partition coefficient (Wildman–Crippen LogP) is 17.1. The summed E-state index contributed by atoms with van der Waals surface area (Å²) < 4.78 is 9.19. The standard InChI is InChI=1S/C61H42N2O/c1-41-37-48(34-35-50(41)43-19-7-3-8-20-43)62(59-36-31-46(42-17-5-2-6-18-42)38-54(59)44-21-9-4-10-22-44)49-39-55(61-56(40-49)53-25-13-16-28-60(53)64-61)45-29-32-47(33-30-45)63-57-26-14-11-23-51(57)52-24-12-15-27-58(52)63/h2-40H,1H3. The Morgan fingerprint density at radius 1 is 0.359 bits per heavy atom. The molecule has 2 aromatic heterocycles. The van der Waals surface area contributed by atoms with E-state index in [-0.39, 0.29) is 0 Å². The van der Waals surface area contributed by atoms with E-state index in [1.165, 1.54) is 49.6 Å². The lowest BCUT2D eigenvalue weighted by Gasteiger charge is -2.29. The Hall–Kier alpha value is -8.40. The molecule has 0 N–H and O–H groups in total. The zero-order valence-electron chi connectivity index (χ0n) is 35.3. The van der Waals surface area contributed by atoms with Crippen molar-refractivity contribution in [1.82, 2.24) is 4.57 Å². The van der Waals surface area contributed by atoms with Crippen molar-refractivity contribution in [2.24, 2.45) is 0 Å². The van der Waals surface area contributed by atoms with Crippen LogP contribution in [0, 0.1) is 6.92 Å². The molecule has 12 rings (SSSR count). The van der Waals surface area contributed by atoms with Gasteiger partial charge in [-0.05, 0) is 113 Å². The third-order valence-corrected chi connectivity index (χ3v) is 12.7. The maximum absolute atomic E-state index is 6.82. The van der Waals surface area contributed by atoms with E-state index in [4.69, 9.17) is 4.42 Å². The van der Waals surface area contributed by atoms with Gasteiger partial charge in [0.25, 0.3) is 0 Å². The van der Waals surface area contributed by atoms with Crippen LogP contribution in [0.3, 0.4) is 0 Å². The summed E-state index contributed by atoms with van der Waals surface area (Å²) in [4.78, 5) is 2.44.